The van der Waals surface area contributed by atoms with Crippen molar-refractivity contribution in [3.8, 4) is 0 Å². The van der Waals surface area contributed by atoms with Gasteiger partial charge in [-0.15, -0.1) is 0 Å². The number of anilines is 2. The smallest absolute Gasteiger partial charge is 0.137 e. The Balaban J connectivity index is 2.33. The standard InChI is InChI=1S/C16H28N4/c1-11(2)13-18-14(17-6)12(3)15(19-13)20-9-7-16(4,5)8-10-20/h11H,7-10H2,1-6H3,(H,17,18,19). The van der Waals surface area contributed by atoms with Crippen LogP contribution in [0.25, 0.3) is 0 Å². The van der Waals surface area contributed by atoms with Crippen molar-refractivity contribution >= 4 is 11.6 Å². The lowest BCUT2D eigenvalue weighted by molar-refractivity contribution is 0.279. The van der Waals surface area contributed by atoms with Crippen molar-refractivity contribution in [2.24, 2.45) is 5.41 Å². The summed E-state index contributed by atoms with van der Waals surface area (Å²) < 4.78 is 0. The van der Waals surface area contributed by atoms with Gasteiger partial charge in [0.15, 0.2) is 0 Å². The van der Waals surface area contributed by atoms with Crippen molar-refractivity contribution in [2.75, 3.05) is 30.4 Å². The van der Waals surface area contributed by atoms with E-state index in [9.17, 15) is 0 Å². The maximum absolute atomic E-state index is 4.83. The number of piperidine rings is 1. The highest BCUT2D eigenvalue weighted by molar-refractivity contribution is 5.58. The van der Waals surface area contributed by atoms with Crippen molar-refractivity contribution in [2.45, 2.75) is 53.4 Å². The van der Waals surface area contributed by atoms with E-state index in [1.54, 1.807) is 0 Å². The number of hydrogen-bond donors (Lipinski definition) is 1. The molecular weight excluding hydrogens is 248 g/mol. The zero-order valence-corrected chi connectivity index (χ0v) is 13.7. The molecule has 0 bridgehead atoms. The van der Waals surface area contributed by atoms with E-state index in [2.05, 4.69) is 49.8 Å². The van der Waals surface area contributed by atoms with Crippen LogP contribution in [0.4, 0.5) is 11.6 Å². The summed E-state index contributed by atoms with van der Waals surface area (Å²) in [5.74, 6) is 3.36. The van der Waals surface area contributed by atoms with Crippen molar-refractivity contribution in [3.63, 3.8) is 0 Å². The fourth-order valence-corrected chi connectivity index (χ4v) is 2.65. The van der Waals surface area contributed by atoms with E-state index in [-0.39, 0.29) is 0 Å². The average molecular weight is 276 g/mol. The molecule has 1 aromatic rings. The van der Waals surface area contributed by atoms with Crippen LogP contribution in [0.3, 0.4) is 0 Å². The Labute approximate surface area is 123 Å². The third-order valence-electron chi connectivity index (χ3n) is 4.31. The lowest BCUT2D eigenvalue weighted by Crippen LogP contribution is -2.38. The molecule has 0 aliphatic carbocycles. The van der Waals surface area contributed by atoms with Crippen LogP contribution in [0.5, 0.6) is 0 Å². The van der Waals surface area contributed by atoms with E-state index < -0.39 is 0 Å². The van der Waals surface area contributed by atoms with Gasteiger partial charge in [-0.25, -0.2) is 9.97 Å². The predicted molar refractivity (Wildman–Crippen MR) is 85.6 cm³/mol. The van der Waals surface area contributed by atoms with Gasteiger partial charge in [-0.05, 0) is 25.2 Å². The summed E-state index contributed by atoms with van der Waals surface area (Å²) in [6.45, 7) is 13.3. The highest BCUT2D eigenvalue weighted by atomic mass is 15.2. The molecule has 0 atom stereocenters. The highest BCUT2D eigenvalue weighted by Gasteiger charge is 2.27. The van der Waals surface area contributed by atoms with Gasteiger partial charge >= 0.3 is 0 Å². The van der Waals surface area contributed by atoms with Gasteiger partial charge in [-0.1, -0.05) is 27.7 Å². The Morgan fingerprint density at radius 3 is 2.25 bits per heavy atom. The second-order valence-electron chi connectivity index (χ2n) is 6.93. The molecule has 0 unspecified atom stereocenters. The molecule has 0 amide bonds. The van der Waals surface area contributed by atoms with E-state index in [1.807, 2.05) is 7.05 Å². The molecule has 20 heavy (non-hydrogen) atoms. The summed E-state index contributed by atoms with van der Waals surface area (Å²) in [5, 5.41) is 3.21. The number of rotatable bonds is 3. The molecular formula is C16H28N4. The Morgan fingerprint density at radius 1 is 1.15 bits per heavy atom. The van der Waals surface area contributed by atoms with E-state index in [0.29, 0.717) is 11.3 Å². The summed E-state index contributed by atoms with van der Waals surface area (Å²) >= 11 is 0. The molecule has 1 aromatic heterocycles. The second kappa shape index (κ2) is 5.58. The zero-order valence-electron chi connectivity index (χ0n) is 13.7. The number of aromatic nitrogens is 2. The summed E-state index contributed by atoms with van der Waals surface area (Å²) in [7, 11) is 1.93. The van der Waals surface area contributed by atoms with E-state index in [1.165, 1.54) is 12.8 Å². The minimum atomic E-state index is 0.350. The summed E-state index contributed by atoms with van der Waals surface area (Å²) in [6, 6.07) is 0. The Morgan fingerprint density at radius 2 is 1.75 bits per heavy atom. The molecule has 0 aromatic carbocycles. The maximum Gasteiger partial charge on any atom is 0.137 e. The molecule has 1 aliphatic rings. The largest absolute Gasteiger partial charge is 0.373 e. The summed E-state index contributed by atoms with van der Waals surface area (Å²) in [6.07, 6.45) is 2.45. The fourth-order valence-electron chi connectivity index (χ4n) is 2.65. The molecule has 1 N–H and O–H groups in total. The first-order chi connectivity index (χ1) is 9.34. The van der Waals surface area contributed by atoms with Gasteiger partial charge in [-0.3, -0.25) is 0 Å². The third kappa shape index (κ3) is 3.05. The lowest BCUT2D eigenvalue weighted by atomic mass is 9.82. The molecule has 0 radical (unpaired) electrons. The monoisotopic (exact) mass is 276 g/mol. The molecule has 0 spiro atoms. The van der Waals surface area contributed by atoms with Gasteiger partial charge in [0, 0.05) is 31.6 Å². The maximum atomic E-state index is 4.83. The van der Waals surface area contributed by atoms with Crippen LogP contribution < -0.4 is 10.2 Å². The molecule has 0 saturated carbocycles. The molecule has 1 aliphatic heterocycles. The first-order valence-electron chi connectivity index (χ1n) is 7.65. The van der Waals surface area contributed by atoms with Crippen LogP contribution in [0, 0.1) is 12.3 Å². The van der Waals surface area contributed by atoms with E-state index >= 15 is 0 Å². The van der Waals surface area contributed by atoms with Gasteiger partial charge in [0.2, 0.25) is 0 Å². The van der Waals surface area contributed by atoms with Crippen LogP contribution >= 0.6 is 0 Å². The number of nitrogens with zero attached hydrogens (tertiary/aromatic N) is 3. The summed E-state index contributed by atoms with van der Waals surface area (Å²) in [5.41, 5.74) is 1.63. The number of nitrogens with one attached hydrogen (secondary N) is 1. The van der Waals surface area contributed by atoms with Gasteiger partial charge in [0.1, 0.15) is 17.5 Å². The van der Waals surface area contributed by atoms with Crippen molar-refractivity contribution in [1.82, 2.24) is 9.97 Å². The van der Waals surface area contributed by atoms with Crippen molar-refractivity contribution < 1.29 is 0 Å². The SMILES string of the molecule is CNc1nc(C(C)C)nc(N2CCC(C)(C)CC2)c1C. The predicted octanol–water partition coefficient (Wildman–Crippen LogP) is 3.58. The molecule has 2 rings (SSSR count). The quantitative estimate of drug-likeness (QED) is 0.916. The highest BCUT2D eigenvalue weighted by Crippen LogP contribution is 2.34. The van der Waals surface area contributed by atoms with Crippen LogP contribution in [0.1, 0.15) is 57.8 Å². The van der Waals surface area contributed by atoms with Gasteiger partial charge in [0.25, 0.3) is 0 Å². The topological polar surface area (TPSA) is 41.1 Å². The average Bonchev–Trinajstić information content (AvgIpc) is 2.39. The minimum absolute atomic E-state index is 0.350. The normalized spacial score (nSPS) is 18.4. The second-order valence-corrected chi connectivity index (χ2v) is 6.93. The van der Waals surface area contributed by atoms with Crippen LogP contribution in [-0.2, 0) is 0 Å². The van der Waals surface area contributed by atoms with Crippen LogP contribution in [0.15, 0.2) is 0 Å². The van der Waals surface area contributed by atoms with Crippen molar-refractivity contribution in [3.05, 3.63) is 11.4 Å². The molecule has 1 fully saturated rings. The third-order valence-corrected chi connectivity index (χ3v) is 4.31. The first kappa shape index (κ1) is 15.1. The van der Waals surface area contributed by atoms with Crippen LogP contribution in [-0.4, -0.2) is 30.1 Å². The molecule has 4 heteroatoms. The lowest BCUT2D eigenvalue weighted by Gasteiger charge is -2.38. The molecule has 4 nitrogen and oxygen atoms in total. The Kier molecular flexibility index (Phi) is 4.21. The van der Waals surface area contributed by atoms with Gasteiger partial charge < -0.3 is 10.2 Å². The minimum Gasteiger partial charge on any atom is -0.373 e. The van der Waals surface area contributed by atoms with Crippen LogP contribution in [0.2, 0.25) is 0 Å². The Hall–Kier alpha value is -1.32. The van der Waals surface area contributed by atoms with Gasteiger partial charge in [-0.2, -0.15) is 0 Å². The fraction of sp³-hybridized carbons (Fsp3) is 0.750. The molecule has 112 valence electrons. The first-order valence-corrected chi connectivity index (χ1v) is 7.65. The Bertz CT molecular complexity index is 470. The molecule has 1 saturated heterocycles. The molecule has 2 heterocycles. The zero-order chi connectivity index (χ0) is 14.9. The van der Waals surface area contributed by atoms with Gasteiger partial charge in [0.05, 0.1) is 0 Å². The van der Waals surface area contributed by atoms with Crippen molar-refractivity contribution in [1.29, 1.82) is 0 Å². The summed E-state index contributed by atoms with van der Waals surface area (Å²) in [4.78, 5) is 11.9. The van der Waals surface area contributed by atoms with E-state index in [0.717, 1.165) is 36.1 Å². The number of hydrogen-bond acceptors (Lipinski definition) is 4. The van der Waals surface area contributed by atoms with E-state index in [4.69, 9.17) is 4.98 Å².